The van der Waals surface area contributed by atoms with Crippen LogP contribution in [0.2, 0.25) is 0 Å². The summed E-state index contributed by atoms with van der Waals surface area (Å²) in [6.07, 6.45) is 4.92. The van der Waals surface area contributed by atoms with Crippen molar-refractivity contribution in [3.05, 3.63) is 50.8 Å². The lowest BCUT2D eigenvalue weighted by Gasteiger charge is -2.11. The van der Waals surface area contributed by atoms with Crippen LogP contribution in [0.15, 0.2) is 54.6 Å². The quantitative estimate of drug-likeness (QED) is 0.479. The van der Waals surface area contributed by atoms with Crippen molar-refractivity contribution < 1.29 is 18.7 Å². The third kappa shape index (κ3) is 6.06. The summed E-state index contributed by atoms with van der Waals surface area (Å²) in [6, 6.07) is 7.12. The maximum absolute atomic E-state index is 11.8. The molecule has 0 spiro atoms. The van der Waals surface area contributed by atoms with Gasteiger partial charge >= 0.3 is 0 Å². The van der Waals surface area contributed by atoms with Crippen LogP contribution < -0.4 is 14.9 Å². The first-order chi connectivity index (χ1) is 12.0. The first-order valence-corrected chi connectivity index (χ1v) is 8.77. The molecule has 25 heavy (non-hydrogen) atoms. The Kier molecular flexibility index (Phi) is 7.27. The SMILES string of the molecule is COc1cc(Br)c(OCC(=O)NN=CC(C)=Cc2ccco2)c(Br)c1. The molecule has 1 heterocycles. The minimum atomic E-state index is -0.378. The monoisotopic (exact) mass is 470 g/mol. The van der Waals surface area contributed by atoms with E-state index in [1.807, 2.05) is 13.0 Å². The second-order valence-electron chi connectivity index (χ2n) is 4.91. The van der Waals surface area contributed by atoms with Gasteiger partial charge in [0.05, 0.1) is 28.5 Å². The molecule has 1 amide bonds. The minimum Gasteiger partial charge on any atom is -0.497 e. The zero-order valence-corrected chi connectivity index (χ0v) is 16.8. The van der Waals surface area contributed by atoms with E-state index in [0.29, 0.717) is 26.2 Å². The predicted molar refractivity (Wildman–Crippen MR) is 103 cm³/mol. The third-order valence-corrected chi connectivity index (χ3v) is 4.10. The van der Waals surface area contributed by atoms with Crippen LogP contribution in [-0.2, 0) is 4.79 Å². The van der Waals surface area contributed by atoms with Crippen molar-refractivity contribution in [3.63, 3.8) is 0 Å². The van der Waals surface area contributed by atoms with Gasteiger partial charge in [0.25, 0.3) is 5.91 Å². The van der Waals surface area contributed by atoms with E-state index in [1.165, 1.54) is 6.21 Å². The van der Waals surface area contributed by atoms with E-state index in [-0.39, 0.29) is 12.5 Å². The number of nitrogens with zero attached hydrogens (tertiary/aromatic N) is 1. The van der Waals surface area contributed by atoms with Crippen LogP contribution in [0.1, 0.15) is 12.7 Å². The van der Waals surface area contributed by atoms with E-state index in [1.54, 1.807) is 37.6 Å². The van der Waals surface area contributed by atoms with Crippen LogP contribution in [0.3, 0.4) is 0 Å². The average Bonchev–Trinajstić information content (AvgIpc) is 3.06. The average molecular weight is 472 g/mol. The van der Waals surface area contributed by atoms with Crippen LogP contribution in [0.25, 0.3) is 6.08 Å². The number of rotatable bonds is 7. The van der Waals surface area contributed by atoms with Gasteiger partial charge in [-0.25, -0.2) is 5.43 Å². The van der Waals surface area contributed by atoms with Gasteiger partial charge in [0.1, 0.15) is 17.3 Å². The summed E-state index contributed by atoms with van der Waals surface area (Å²) in [5, 5.41) is 3.88. The molecule has 132 valence electrons. The molecular formula is C17H16Br2N2O4. The van der Waals surface area contributed by atoms with Crippen molar-refractivity contribution >= 4 is 50.1 Å². The fraction of sp³-hybridized carbons (Fsp3) is 0.176. The van der Waals surface area contributed by atoms with E-state index in [4.69, 9.17) is 13.9 Å². The van der Waals surface area contributed by atoms with Crippen LogP contribution >= 0.6 is 31.9 Å². The van der Waals surface area contributed by atoms with E-state index in [9.17, 15) is 4.79 Å². The molecule has 1 aromatic heterocycles. The topological polar surface area (TPSA) is 73.1 Å². The number of hydrogen-bond donors (Lipinski definition) is 1. The highest BCUT2D eigenvalue weighted by Gasteiger charge is 2.11. The Morgan fingerprint density at radius 2 is 2.08 bits per heavy atom. The fourth-order valence-electron chi connectivity index (χ4n) is 1.80. The highest BCUT2D eigenvalue weighted by molar-refractivity contribution is 9.11. The minimum absolute atomic E-state index is 0.179. The molecule has 8 heteroatoms. The summed E-state index contributed by atoms with van der Waals surface area (Å²) < 4.78 is 17.2. The number of hydrogen-bond acceptors (Lipinski definition) is 5. The van der Waals surface area contributed by atoms with Gasteiger partial charge in [-0.05, 0) is 74.7 Å². The zero-order chi connectivity index (χ0) is 18.2. The Labute approximate surface area is 162 Å². The number of furan rings is 1. The molecule has 0 bridgehead atoms. The van der Waals surface area contributed by atoms with Crippen molar-refractivity contribution in [3.8, 4) is 11.5 Å². The molecule has 2 aromatic rings. The van der Waals surface area contributed by atoms with Gasteiger partial charge in [0, 0.05) is 0 Å². The number of nitrogens with one attached hydrogen (secondary N) is 1. The van der Waals surface area contributed by atoms with E-state index < -0.39 is 0 Å². The van der Waals surface area contributed by atoms with Crippen molar-refractivity contribution in [1.82, 2.24) is 5.43 Å². The molecule has 0 aliphatic rings. The summed E-state index contributed by atoms with van der Waals surface area (Å²) in [7, 11) is 1.57. The van der Waals surface area contributed by atoms with Crippen LogP contribution in [0, 0.1) is 0 Å². The van der Waals surface area contributed by atoms with Gasteiger partial charge < -0.3 is 13.9 Å². The number of halogens is 2. The Hall–Kier alpha value is -2.06. The Morgan fingerprint density at radius 3 is 2.68 bits per heavy atom. The number of methoxy groups -OCH3 is 1. The number of hydrazone groups is 1. The largest absolute Gasteiger partial charge is 0.497 e. The summed E-state index contributed by atoms with van der Waals surface area (Å²) in [6.45, 7) is 1.67. The zero-order valence-electron chi connectivity index (χ0n) is 13.6. The number of benzene rings is 1. The van der Waals surface area contributed by atoms with Crippen molar-refractivity contribution in [2.24, 2.45) is 5.10 Å². The molecule has 0 fully saturated rings. The molecule has 0 saturated heterocycles. The van der Waals surface area contributed by atoms with Crippen LogP contribution in [-0.4, -0.2) is 25.8 Å². The third-order valence-electron chi connectivity index (χ3n) is 2.93. The number of ether oxygens (including phenoxy) is 2. The lowest BCUT2D eigenvalue weighted by molar-refractivity contribution is -0.123. The van der Waals surface area contributed by atoms with Crippen LogP contribution in [0.5, 0.6) is 11.5 Å². The van der Waals surface area contributed by atoms with Gasteiger partial charge in [0.2, 0.25) is 0 Å². The van der Waals surface area contributed by atoms with Gasteiger partial charge in [-0.2, -0.15) is 5.10 Å². The lowest BCUT2D eigenvalue weighted by Crippen LogP contribution is -2.24. The lowest BCUT2D eigenvalue weighted by atomic mass is 10.3. The van der Waals surface area contributed by atoms with Gasteiger partial charge in [-0.1, -0.05) is 0 Å². The second kappa shape index (κ2) is 9.43. The van der Waals surface area contributed by atoms with Gasteiger partial charge in [-0.3, -0.25) is 4.79 Å². The van der Waals surface area contributed by atoms with Crippen molar-refractivity contribution in [2.45, 2.75) is 6.92 Å². The highest BCUT2D eigenvalue weighted by atomic mass is 79.9. The molecule has 0 aliphatic carbocycles. The van der Waals surface area contributed by atoms with E-state index >= 15 is 0 Å². The molecule has 2 rings (SSSR count). The summed E-state index contributed by atoms with van der Waals surface area (Å²) in [5.41, 5.74) is 3.23. The first kappa shape index (κ1) is 19.3. The van der Waals surface area contributed by atoms with Gasteiger partial charge in [0.15, 0.2) is 6.61 Å². The predicted octanol–water partition coefficient (Wildman–Crippen LogP) is 4.40. The molecule has 6 nitrogen and oxygen atoms in total. The van der Waals surface area contributed by atoms with E-state index in [0.717, 1.165) is 5.57 Å². The number of carbonyl (C=O) groups is 1. The molecule has 0 atom stereocenters. The van der Waals surface area contributed by atoms with Crippen LogP contribution in [0.4, 0.5) is 0 Å². The summed E-state index contributed by atoms with van der Waals surface area (Å²) in [4.78, 5) is 11.8. The normalized spacial score (nSPS) is 11.6. The van der Waals surface area contributed by atoms with Gasteiger partial charge in [-0.15, -0.1) is 0 Å². The fourth-order valence-corrected chi connectivity index (χ4v) is 3.18. The standard InChI is InChI=1S/C17H16Br2N2O4/c1-11(6-12-4-3-5-24-12)9-20-21-16(22)10-25-17-14(18)7-13(23-2)8-15(17)19/h3-9H,10H2,1-2H3,(H,21,22). The molecule has 0 saturated carbocycles. The highest BCUT2D eigenvalue weighted by Crippen LogP contribution is 2.37. The van der Waals surface area contributed by atoms with Crippen molar-refractivity contribution in [1.29, 1.82) is 0 Å². The molecular weight excluding hydrogens is 456 g/mol. The van der Waals surface area contributed by atoms with E-state index in [2.05, 4.69) is 42.4 Å². The number of amides is 1. The second-order valence-corrected chi connectivity index (χ2v) is 6.61. The number of allylic oxidation sites excluding steroid dienone is 1. The maximum Gasteiger partial charge on any atom is 0.277 e. The molecule has 1 aromatic carbocycles. The molecule has 1 N–H and O–H groups in total. The Bertz CT molecular complexity index is 763. The number of carbonyl (C=O) groups excluding carboxylic acids is 1. The molecule has 0 radical (unpaired) electrons. The smallest absolute Gasteiger partial charge is 0.277 e. The Balaban J connectivity index is 1.86. The first-order valence-electron chi connectivity index (χ1n) is 7.19. The van der Waals surface area contributed by atoms with Crippen molar-refractivity contribution in [2.75, 3.05) is 13.7 Å². The molecule has 0 unspecified atom stereocenters. The molecule has 0 aliphatic heterocycles. The summed E-state index contributed by atoms with van der Waals surface area (Å²) in [5.74, 6) is 1.51. The maximum atomic E-state index is 11.8. The Morgan fingerprint density at radius 1 is 1.36 bits per heavy atom. The summed E-state index contributed by atoms with van der Waals surface area (Å²) >= 11 is 6.75.